The van der Waals surface area contributed by atoms with Gasteiger partial charge in [0.25, 0.3) is 4.83 Å². The Morgan fingerprint density at radius 3 is 2.23 bits per heavy atom. The lowest BCUT2D eigenvalue weighted by Gasteiger charge is -2.10. The third kappa shape index (κ3) is 2.99. The van der Waals surface area contributed by atoms with Crippen molar-refractivity contribution in [2.75, 3.05) is 5.73 Å². The van der Waals surface area contributed by atoms with Gasteiger partial charge in [-0.3, -0.25) is 0 Å². The fraction of sp³-hybridized carbons (Fsp3) is 0.0741. The van der Waals surface area contributed by atoms with Gasteiger partial charge in [-0.15, -0.1) is 4.40 Å². The lowest BCUT2D eigenvalue weighted by molar-refractivity contribution is -0.485. The van der Waals surface area contributed by atoms with Crippen LogP contribution in [0.4, 0.5) is 5.69 Å². The lowest BCUT2D eigenvalue weighted by Crippen LogP contribution is -2.26. The van der Waals surface area contributed by atoms with Gasteiger partial charge in [0, 0.05) is 18.6 Å². The van der Waals surface area contributed by atoms with Gasteiger partial charge in [-0.1, -0.05) is 84.1 Å². The Morgan fingerprint density at radius 2 is 1.50 bits per heavy atom. The summed E-state index contributed by atoms with van der Waals surface area (Å²) in [5.74, 6) is 0. The number of nitrogens with zero attached hydrogens (tertiary/aromatic N) is 1. The molecule has 0 radical (unpaired) electrons. The minimum absolute atomic E-state index is 0.832. The Hall–Kier alpha value is -3.43. The summed E-state index contributed by atoms with van der Waals surface area (Å²) < 4.78 is 3.51. The zero-order chi connectivity index (χ0) is 20.7. The zero-order valence-electron chi connectivity index (χ0n) is 17.1. The summed E-state index contributed by atoms with van der Waals surface area (Å²) in [6.45, 7) is 4.43. The molecule has 3 aromatic carbocycles. The van der Waals surface area contributed by atoms with Gasteiger partial charge < -0.3 is 5.73 Å². The molecular formula is C27H23N2S+. The first-order chi connectivity index (χ1) is 14.6. The average molecular weight is 408 g/mol. The largest absolute Gasteiger partial charge is 0.397 e. The molecule has 2 aromatic heterocycles. The summed E-state index contributed by atoms with van der Waals surface area (Å²) in [6.07, 6.45) is 4.44. The van der Waals surface area contributed by atoms with E-state index in [1.165, 1.54) is 43.9 Å². The van der Waals surface area contributed by atoms with Crippen LogP contribution in [0, 0.1) is 13.8 Å². The Morgan fingerprint density at radius 1 is 0.800 bits per heavy atom. The second kappa shape index (κ2) is 7.43. The van der Waals surface area contributed by atoms with Gasteiger partial charge in [-0.25, -0.2) is 0 Å². The maximum atomic E-state index is 6.35. The van der Waals surface area contributed by atoms with Crippen LogP contribution in [0.5, 0.6) is 0 Å². The van der Waals surface area contributed by atoms with Gasteiger partial charge in [0.2, 0.25) is 5.52 Å². The van der Waals surface area contributed by atoms with E-state index in [2.05, 4.69) is 91.1 Å². The molecule has 0 aliphatic heterocycles. The number of pyridine rings is 1. The number of benzene rings is 3. The molecule has 3 heteroatoms. The van der Waals surface area contributed by atoms with E-state index < -0.39 is 0 Å². The molecule has 2 nitrogen and oxygen atoms in total. The van der Waals surface area contributed by atoms with Crippen molar-refractivity contribution in [2.24, 2.45) is 0 Å². The van der Waals surface area contributed by atoms with E-state index in [4.69, 9.17) is 5.73 Å². The van der Waals surface area contributed by atoms with Crippen molar-refractivity contribution in [2.45, 2.75) is 13.8 Å². The average Bonchev–Trinajstić information content (AvgIpc) is 3.16. The maximum absolute atomic E-state index is 6.35. The van der Waals surface area contributed by atoms with Crippen molar-refractivity contribution < 1.29 is 4.40 Å². The fourth-order valence-electron chi connectivity index (χ4n) is 4.20. The Kier molecular flexibility index (Phi) is 4.61. The molecule has 30 heavy (non-hydrogen) atoms. The molecule has 5 rings (SSSR count). The standard InChI is InChI=1S/C27H23N2S/c1-18-22(17-16-20-10-5-3-6-11-20)19(2)29-24-15-9-14-23(28)26(24)30-27(29)25(18)21-12-7-4-8-13-21/h3-17H,28H2,1-2H3/q+1. The summed E-state index contributed by atoms with van der Waals surface area (Å²) in [6, 6.07) is 27.3. The third-order valence-electron chi connectivity index (χ3n) is 5.69. The minimum Gasteiger partial charge on any atom is -0.397 e. The summed E-state index contributed by atoms with van der Waals surface area (Å²) in [5, 5.41) is 0. The normalized spacial score (nSPS) is 11.7. The van der Waals surface area contributed by atoms with Gasteiger partial charge in [0.1, 0.15) is 4.70 Å². The van der Waals surface area contributed by atoms with Crippen LogP contribution in [0.3, 0.4) is 0 Å². The molecule has 0 saturated heterocycles. The number of anilines is 1. The monoisotopic (exact) mass is 407 g/mol. The molecule has 0 bridgehead atoms. The lowest BCUT2D eigenvalue weighted by atomic mass is 9.96. The number of thiazole rings is 1. The SMILES string of the molecule is Cc1c(C=Cc2ccccc2)c(C)[n+]2c(sc3c(N)cccc32)c1-c1ccccc1. The van der Waals surface area contributed by atoms with Crippen LogP contribution >= 0.6 is 11.3 Å². The summed E-state index contributed by atoms with van der Waals surface area (Å²) in [7, 11) is 0. The first-order valence-corrected chi connectivity index (χ1v) is 10.9. The van der Waals surface area contributed by atoms with Crippen LogP contribution in [0.2, 0.25) is 0 Å². The molecule has 0 amide bonds. The topological polar surface area (TPSA) is 30.1 Å². The predicted molar refractivity (Wildman–Crippen MR) is 130 cm³/mol. The number of nitrogen functional groups attached to an aromatic ring is 1. The van der Waals surface area contributed by atoms with Crippen molar-refractivity contribution in [3.8, 4) is 11.1 Å². The predicted octanol–water partition coefficient (Wildman–Crippen LogP) is 6.68. The Labute approximate surface area is 180 Å². The molecule has 2 heterocycles. The third-order valence-corrected chi connectivity index (χ3v) is 6.92. The van der Waals surface area contributed by atoms with Crippen LogP contribution in [0.1, 0.15) is 22.4 Å². The van der Waals surface area contributed by atoms with E-state index >= 15 is 0 Å². The number of nitrogens with two attached hydrogens (primary N) is 1. The molecule has 146 valence electrons. The number of aryl methyl sites for hydroxylation is 1. The van der Waals surface area contributed by atoms with Crippen LogP contribution in [-0.4, -0.2) is 0 Å². The zero-order valence-corrected chi connectivity index (χ0v) is 17.9. The van der Waals surface area contributed by atoms with E-state index in [0.29, 0.717) is 0 Å². The summed E-state index contributed by atoms with van der Waals surface area (Å²) >= 11 is 1.78. The van der Waals surface area contributed by atoms with Gasteiger partial charge in [-0.05, 0) is 35.8 Å². The minimum atomic E-state index is 0.832. The second-order valence-electron chi connectivity index (χ2n) is 7.55. The first kappa shape index (κ1) is 18.6. The number of aromatic nitrogens is 1. The fourth-order valence-corrected chi connectivity index (χ4v) is 5.54. The molecule has 0 saturated carbocycles. The quantitative estimate of drug-likeness (QED) is 0.262. The van der Waals surface area contributed by atoms with E-state index in [1.54, 1.807) is 11.3 Å². The summed E-state index contributed by atoms with van der Waals surface area (Å²) in [5.41, 5.74) is 15.8. The molecule has 0 aliphatic rings. The number of rotatable bonds is 3. The molecule has 5 aromatic rings. The van der Waals surface area contributed by atoms with Crippen molar-refractivity contribution in [3.05, 3.63) is 101 Å². The van der Waals surface area contributed by atoms with E-state index in [-0.39, 0.29) is 0 Å². The Balaban J connectivity index is 1.88. The van der Waals surface area contributed by atoms with Crippen LogP contribution in [0.15, 0.2) is 78.9 Å². The van der Waals surface area contributed by atoms with E-state index in [9.17, 15) is 0 Å². The summed E-state index contributed by atoms with van der Waals surface area (Å²) in [4.78, 5) is 1.24. The van der Waals surface area contributed by atoms with Gasteiger partial charge in [0.15, 0.2) is 5.69 Å². The van der Waals surface area contributed by atoms with Crippen LogP contribution < -0.4 is 10.1 Å². The highest BCUT2D eigenvalue weighted by Gasteiger charge is 2.27. The number of hydrogen-bond acceptors (Lipinski definition) is 2. The molecular weight excluding hydrogens is 384 g/mol. The number of hydrogen-bond donors (Lipinski definition) is 1. The van der Waals surface area contributed by atoms with E-state index in [0.717, 1.165) is 10.4 Å². The van der Waals surface area contributed by atoms with Crippen LogP contribution in [-0.2, 0) is 0 Å². The van der Waals surface area contributed by atoms with E-state index in [1.807, 2.05) is 18.2 Å². The highest BCUT2D eigenvalue weighted by molar-refractivity contribution is 7.24. The Bertz CT molecular complexity index is 1400. The van der Waals surface area contributed by atoms with Crippen molar-refractivity contribution in [3.63, 3.8) is 0 Å². The maximum Gasteiger partial charge on any atom is 0.276 e. The van der Waals surface area contributed by atoms with Crippen molar-refractivity contribution in [1.29, 1.82) is 0 Å². The van der Waals surface area contributed by atoms with Crippen molar-refractivity contribution >= 4 is 44.2 Å². The van der Waals surface area contributed by atoms with Gasteiger partial charge >= 0.3 is 0 Å². The van der Waals surface area contributed by atoms with Crippen LogP contribution in [0.25, 0.3) is 38.3 Å². The number of fused-ring (bicyclic) bond motifs is 3. The molecule has 0 aliphatic carbocycles. The first-order valence-electron chi connectivity index (χ1n) is 10.1. The highest BCUT2D eigenvalue weighted by Crippen LogP contribution is 2.37. The highest BCUT2D eigenvalue weighted by atomic mass is 32.1. The van der Waals surface area contributed by atoms with Gasteiger partial charge in [0.05, 0.1) is 11.3 Å². The smallest absolute Gasteiger partial charge is 0.276 e. The van der Waals surface area contributed by atoms with Crippen molar-refractivity contribution in [1.82, 2.24) is 0 Å². The van der Waals surface area contributed by atoms with Gasteiger partial charge in [-0.2, -0.15) is 0 Å². The molecule has 2 N–H and O–H groups in total. The molecule has 0 fully saturated rings. The molecule has 0 spiro atoms. The molecule has 0 atom stereocenters. The second-order valence-corrected chi connectivity index (χ2v) is 8.55. The molecule has 0 unspecified atom stereocenters.